The first-order valence-corrected chi connectivity index (χ1v) is 7.44. The van der Waals surface area contributed by atoms with E-state index >= 15 is 0 Å². The van der Waals surface area contributed by atoms with Crippen molar-refractivity contribution < 1.29 is 9.90 Å². The van der Waals surface area contributed by atoms with Gasteiger partial charge in [-0.3, -0.25) is 4.79 Å². The second-order valence-corrected chi connectivity index (χ2v) is 5.80. The molecule has 1 amide bonds. The van der Waals surface area contributed by atoms with Crippen LogP contribution in [0.3, 0.4) is 0 Å². The highest BCUT2D eigenvalue weighted by atomic mass is 35.5. The summed E-state index contributed by atoms with van der Waals surface area (Å²) in [7, 11) is 0. The molecule has 0 bridgehead atoms. The number of hydrogen-bond acceptors (Lipinski definition) is 3. The third-order valence-electron chi connectivity index (χ3n) is 3.65. The lowest BCUT2D eigenvalue weighted by Crippen LogP contribution is -2.41. The normalized spacial score (nSPS) is 20.3. The Bertz CT molecular complexity index is 886. The highest BCUT2D eigenvalue weighted by Gasteiger charge is 2.47. The molecule has 2 aromatic carbocycles. The molecule has 114 valence electrons. The number of nitriles is 1. The SMILES string of the molecule is N#CC1=C(c2ccccc2Cl)[C@@](O)(c2ccccc2Cl)NC1=O. The summed E-state index contributed by atoms with van der Waals surface area (Å²) in [5.74, 6) is -0.676. The van der Waals surface area contributed by atoms with E-state index in [1.165, 1.54) is 0 Å². The average Bonchev–Trinajstić information content (AvgIpc) is 2.79. The van der Waals surface area contributed by atoms with E-state index < -0.39 is 11.6 Å². The molecule has 4 nitrogen and oxygen atoms in total. The second-order valence-electron chi connectivity index (χ2n) is 4.99. The van der Waals surface area contributed by atoms with Gasteiger partial charge in [0.25, 0.3) is 5.91 Å². The molecule has 23 heavy (non-hydrogen) atoms. The molecule has 1 atom stereocenters. The van der Waals surface area contributed by atoms with Crippen LogP contribution in [0.15, 0.2) is 54.1 Å². The van der Waals surface area contributed by atoms with Crippen LogP contribution in [0.4, 0.5) is 0 Å². The van der Waals surface area contributed by atoms with Crippen molar-refractivity contribution in [3.63, 3.8) is 0 Å². The van der Waals surface area contributed by atoms with E-state index in [1.807, 2.05) is 6.07 Å². The molecule has 0 aliphatic carbocycles. The summed E-state index contributed by atoms with van der Waals surface area (Å²) < 4.78 is 0. The van der Waals surface area contributed by atoms with E-state index in [4.69, 9.17) is 23.2 Å². The Labute approximate surface area is 142 Å². The average molecular weight is 345 g/mol. The zero-order valence-electron chi connectivity index (χ0n) is 11.7. The molecule has 2 N–H and O–H groups in total. The van der Waals surface area contributed by atoms with Crippen molar-refractivity contribution in [1.82, 2.24) is 5.32 Å². The lowest BCUT2D eigenvalue weighted by Gasteiger charge is -2.28. The van der Waals surface area contributed by atoms with Crippen molar-refractivity contribution in [2.24, 2.45) is 0 Å². The van der Waals surface area contributed by atoms with Gasteiger partial charge in [-0.15, -0.1) is 0 Å². The summed E-state index contributed by atoms with van der Waals surface area (Å²) >= 11 is 12.4. The Morgan fingerprint density at radius 2 is 1.65 bits per heavy atom. The molecule has 0 aromatic heterocycles. The van der Waals surface area contributed by atoms with E-state index in [0.29, 0.717) is 10.6 Å². The van der Waals surface area contributed by atoms with Crippen LogP contribution in [0.5, 0.6) is 0 Å². The minimum absolute atomic E-state index is 0.101. The molecule has 3 rings (SSSR count). The number of carbonyl (C=O) groups is 1. The quantitative estimate of drug-likeness (QED) is 0.878. The first-order valence-electron chi connectivity index (χ1n) is 6.68. The van der Waals surface area contributed by atoms with E-state index in [-0.39, 0.29) is 21.7 Å². The molecule has 0 spiro atoms. The maximum atomic E-state index is 12.2. The fraction of sp³-hybridized carbons (Fsp3) is 0.0588. The lowest BCUT2D eigenvalue weighted by atomic mass is 9.89. The van der Waals surface area contributed by atoms with Crippen molar-refractivity contribution in [2.45, 2.75) is 5.72 Å². The Hall–Kier alpha value is -2.32. The molecule has 1 aliphatic heterocycles. The molecule has 0 saturated carbocycles. The maximum Gasteiger partial charge on any atom is 0.265 e. The van der Waals surface area contributed by atoms with Crippen molar-refractivity contribution in [3.8, 4) is 6.07 Å². The summed E-state index contributed by atoms with van der Waals surface area (Å²) in [6.45, 7) is 0. The minimum atomic E-state index is -1.93. The van der Waals surface area contributed by atoms with Crippen LogP contribution in [0.1, 0.15) is 11.1 Å². The molecular formula is C17H10Cl2N2O2. The van der Waals surface area contributed by atoms with Gasteiger partial charge in [0, 0.05) is 26.7 Å². The topological polar surface area (TPSA) is 73.1 Å². The molecule has 1 aliphatic rings. The smallest absolute Gasteiger partial charge is 0.265 e. The van der Waals surface area contributed by atoms with Crippen LogP contribution in [0.25, 0.3) is 5.57 Å². The number of nitrogens with one attached hydrogen (secondary N) is 1. The third kappa shape index (κ3) is 2.40. The van der Waals surface area contributed by atoms with Gasteiger partial charge in [-0.25, -0.2) is 0 Å². The second kappa shape index (κ2) is 5.71. The Morgan fingerprint density at radius 1 is 1.04 bits per heavy atom. The van der Waals surface area contributed by atoms with Gasteiger partial charge in [-0.2, -0.15) is 5.26 Å². The van der Waals surface area contributed by atoms with E-state index in [9.17, 15) is 15.2 Å². The van der Waals surface area contributed by atoms with Crippen molar-refractivity contribution in [3.05, 3.63) is 75.3 Å². The summed E-state index contributed by atoms with van der Waals surface area (Å²) in [6, 6.07) is 15.1. The molecular weight excluding hydrogens is 335 g/mol. The fourth-order valence-corrected chi connectivity index (χ4v) is 3.14. The first-order chi connectivity index (χ1) is 11.0. The highest BCUT2D eigenvalue weighted by molar-refractivity contribution is 6.33. The molecule has 2 aromatic rings. The zero-order chi connectivity index (χ0) is 16.6. The van der Waals surface area contributed by atoms with Gasteiger partial charge in [0.05, 0.1) is 0 Å². The highest BCUT2D eigenvalue weighted by Crippen LogP contribution is 2.44. The summed E-state index contributed by atoms with van der Waals surface area (Å²) in [5, 5.41) is 23.5. The van der Waals surface area contributed by atoms with E-state index in [1.54, 1.807) is 48.5 Å². The fourth-order valence-electron chi connectivity index (χ4n) is 2.64. The van der Waals surface area contributed by atoms with Crippen LogP contribution in [-0.2, 0) is 10.5 Å². The molecule has 0 radical (unpaired) electrons. The molecule has 1 heterocycles. The van der Waals surface area contributed by atoms with Gasteiger partial charge in [0.15, 0.2) is 5.72 Å². The maximum absolute atomic E-state index is 12.2. The summed E-state index contributed by atoms with van der Waals surface area (Å²) in [4.78, 5) is 12.2. The minimum Gasteiger partial charge on any atom is -0.363 e. The van der Waals surface area contributed by atoms with E-state index in [2.05, 4.69) is 5.32 Å². The number of benzene rings is 2. The van der Waals surface area contributed by atoms with Gasteiger partial charge >= 0.3 is 0 Å². The van der Waals surface area contributed by atoms with Crippen molar-refractivity contribution >= 4 is 34.7 Å². The van der Waals surface area contributed by atoms with Crippen LogP contribution in [0.2, 0.25) is 10.0 Å². The van der Waals surface area contributed by atoms with Crippen LogP contribution >= 0.6 is 23.2 Å². The van der Waals surface area contributed by atoms with Crippen molar-refractivity contribution in [1.29, 1.82) is 5.26 Å². The van der Waals surface area contributed by atoms with Crippen LogP contribution < -0.4 is 5.32 Å². The summed E-state index contributed by atoms with van der Waals surface area (Å²) in [6.07, 6.45) is 0. The van der Waals surface area contributed by atoms with Gasteiger partial charge in [0.1, 0.15) is 11.6 Å². The Balaban J connectivity index is 2.33. The first kappa shape index (κ1) is 15.6. The van der Waals surface area contributed by atoms with Gasteiger partial charge in [-0.05, 0) is 12.1 Å². The predicted octanol–water partition coefficient (Wildman–Crippen LogP) is 3.25. The number of hydrogen-bond donors (Lipinski definition) is 2. The summed E-state index contributed by atoms with van der Waals surface area (Å²) in [5.41, 5.74) is -1.35. The number of nitrogens with zero attached hydrogens (tertiary/aromatic N) is 1. The van der Waals surface area contributed by atoms with Crippen molar-refractivity contribution in [2.75, 3.05) is 0 Å². The number of rotatable bonds is 2. The standard InChI is InChI=1S/C17H10Cl2N2O2/c18-13-7-3-1-5-10(13)15-11(9-20)16(22)21-17(15,23)12-6-2-4-8-14(12)19/h1-8,23H,(H,21,22)/t17-/m0/s1. The molecule has 0 unspecified atom stereocenters. The number of halogens is 2. The number of carbonyl (C=O) groups excluding carboxylic acids is 1. The molecule has 0 saturated heterocycles. The zero-order valence-corrected chi connectivity index (χ0v) is 13.2. The van der Waals surface area contributed by atoms with E-state index in [0.717, 1.165) is 0 Å². The van der Waals surface area contributed by atoms with Gasteiger partial charge < -0.3 is 10.4 Å². The monoisotopic (exact) mass is 344 g/mol. The molecule has 6 heteroatoms. The largest absolute Gasteiger partial charge is 0.363 e. The van der Waals surface area contributed by atoms with Crippen LogP contribution in [-0.4, -0.2) is 11.0 Å². The van der Waals surface area contributed by atoms with Gasteiger partial charge in [-0.1, -0.05) is 59.6 Å². The van der Waals surface area contributed by atoms with Crippen LogP contribution in [0, 0.1) is 11.3 Å². The third-order valence-corrected chi connectivity index (χ3v) is 4.31. The number of aliphatic hydroxyl groups is 1. The molecule has 0 fully saturated rings. The lowest BCUT2D eigenvalue weighted by molar-refractivity contribution is -0.120. The Kier molecular flexibility index (Phi) is 3.87. The number of amides is 1. The predicted molar refractivity (Wildman–Crippen MR) is 87.5 cm³/mol. The Morgan fingerprint density at radius 3 is 2.26 bits per heavy atom. The van der Waals surface area contributed by atoms with Gasteiger partial charge in [0.2, 0.25) is 0 Å².